The summed E-state index contributed by atoms with van der Waals surface area (Å²) in [4.78, 5) is 28.2. The summed E-state index contributed by atoms with van der Waals surface area (Å²) < 4.78 is 1.86. The van der Waals surface area contributed by atoms with E-state index in [1.807, 2.05) is 35.9 Å². The number of aromatic nitrogens is 4. The largest absolute Gasteiger partial charge is 0.355 e. The molecule has 0 N–H and O–H groups in total. The van der Waals surface area contributed by atoms with Crippen LogP contribution in [0.2, 0.25) is 0 Å². The Morgan fingerprint density at radius 1 is 1.26 bits per heavy atom. The van der Waals surface area contributed by atoms with Gasteiger partial charge in [-0.1, -0.05) is 12.1 Å². The molecule has 3 heterocycles. The van der Waals surface area contributed by atoms with E-state index < -0.39 is 5.92 Å². The highest BCUT2D eigenvalue weighted by Gasteiger charge is 2.34. The molecule has 1 fully saturated rings. The Bertz CT molecular complexity index is 998. The van der Waals surface area contributed by atoms with Crippen molar-refractivity contribution in [3.8, 4) is 6.07 Å². The van der Waals surface area contributed by atoms with Crippen molar-refractivity contribution in [1.29, 1.82) is 5.26 Å². The van der Waals surface area contributed by atoms with Gasteiger partial charge in [0.2, 0.25) is 0 Å². The van der Waals surface area contributed by atoms with Crippen LogP contribution in [0.3, 0.4) is 0 Å². The molecule has 136 valence electrons. The predicted molar refractivity (Wildman–Crippen MR) is 101 cm³/mol. The van der Waals surface area contributed by atoms with Gasteiger partial charge in [0.05, 0.1) is 23.3 Å². The molecule has 1 saturated heterocycles. The quantitative estimate of drug-likeness (QED) is 0.710. The standard InChI is InChI=1S/C20H20N6O/c1-25-17-5-3-2-4-16(17)24-20(25)15(12-21)19(27)14-6-10-26(11-7-14)18-13-22-8-9-23-18/h2-5,8-9,13-15H,6-7,10-11H2,1H3. The van der Waals surface area contributed by atoms with E-state index in [4.69, 9.17) is 0 Å². The van der Waals surface area contributed by atoms with Crippen LogP contribution in [0.1, 0.15) is 24.6 Å². The maximum absolute atomic E-state index is 13.1. The Morgan fingerprint density at radius 2 is 2.04 bits per heavy atom. The molecule has 1 aliphatic rings. The number of aryl methyl sites for hydroxylation is 1. The second-order valence-electron chi connectivity index (χ2n) is 6.81. The number of ketones is 1. The van der Waals surface area contributed by atoms with Gasteiger partial charge in [-0.2, -0.15) is 5.26 Å². The van der Waals surface area contributed by atoms with Crippen LogP contribution in [0.15, 0.2) is 42.9 Å². The van der Waals surface area contributed by atoms with Gasteiger partial charge in [0.1, 0.15) is 11.6 Å². The number of piperidine rings is 1. The highest BCUT2D eigenvalue weighted by atomic mass is 16.1. The zero-order valence-electron chi connectivity index (χ0n) is 15.1. The minimum absolute atomic E-state index is 0.0327. The molecule has 1 unspecified atom stereocenters. The molecule has 7 nitrogen and oxygen atoms in total. The summed E-state index contributed by atoms with van der Waals surface area (Å²) in [6.07, 6.45) is 6.47. The van der Waals surface area contributed by atoms with Gasteiger partial charge in [0.15, 0.2) is 11.7 Å². The van der Waals surface area contributed by atoms with Crippen molar-refractivity contribution in [1.82, 2.24) is 19.5 Å². The van der Waals surface area contributed by atoms with E-state index in [9.17, 15) is 10.1 Å². The third-order valence-corrected chi connectivity index (χ3v) is 5.26. The molecule has 2 aromatic heterocycles. The lowest BCUT2D eigenvalue weighted by Gasteiger charge is -2.32. The highest BCUT2D eigenvalue weighted by molar-refractivity contribution is 5.91. The van der Waals surface area contributed by atoms with Crippen molar-refractivity contribution in [3.63, 3.8) is 0 Å². The molecule has 27 heavy (non-hydrogen) atoms. The van der Waals surface area contributed by atoms with Gasteiger partial charge in [-0.25, -0.2) is 9.97 Å². The summed E-state index contributed by atoms with van der Waals surface area (Å²) in [6.45, 7) is 1.46. The molecule has 0 saturated carbocycles. The van der Waals surface area contributed by atoms with Crippen LogP contribution in [-0.2, 0) is 11.8 Å². The van der Waals surface area contributed by atoms with E-state index in [1.54, 1.807) is 18.6 Å². The number of imidazole rings is 1. The number of carbonyl (C=O) groups is 1. The molecule has 0 bridgehead atoms. The molecule has 0 radical (unpaired) electrons. The Balaban J connectivity index is 1.51. The van der Waals surface area contributed by atoms with Crippen molar-refractivity contribution < 1.29 is 4.79 Å². The van der Waals surface area contributed by atoms with Crippen molar-refractivity contribution in [2.75, 3.05) is 18.0 Å². The van der Waals surface area contributed by atoms with Crippen LogP contribution >= 0.6 is 0 Å². The van der Waals surface area contributed by atoms with Crippen molar-refractivity contribution >= 4 is 22.6 Å². The van der Waals surface area contributed by atoms with E-state index in [-0.39, 0.29) is 11.7 Å². The van der Waals surface area contributed by atoms with Gasteiger partial charge < -0.3 is 9.47 Å². The van der Waals surface area contributed by atoms with Crippen LogP contribution in [-0.4, -0.2) is 38.4 Å². The zero-order chi connectivity index (χ0) is 18.8. The van der Waals surface area contributed by atoms with Gasteiger partial charge in [-0.05, 0) is 25.0 Å². The predicted octanol–water partition coefficient (Wildman–Crippen LogP) is 2.46. The third-order valence-electron chi connectivity index (χ3n) is 5.26. The monoisotopic (exact) mass is 360 g/mol. The second kappa shape index (κ2) is 7.16. The number of anilines is 1. The second-order valence-corrected chi connectivity index (χ2v) is 6.81. The fourth-order valence-electron chi connectivity index (χ4n) is 3.75. The molecular formula is C20H20N6O. The summed E-state index contributed by atoms with van der Waals surface area (Å²) in [7, 11) is 1.86. The van der Waals surface area contributed by atoms with Gasteiger partial charge in [-0.3, -0.25) is 9.78 Å². The molecule has 0 amide bonds. The number of nitriles is 1. The zero-order valence-corrected chi connectivity index (χ0v) is 15.1. The van der Waals surface area contributed by atoms with Crippen LogP contribution < -0.4 is 4.90 Å². The minimum Gasteiger partial charge on any atom is -0.355 e. The van der Waals surface area contributed by atoms with Gasteiger partial charge in [0, 0.05) is 38.4 Å². The number of rotatable bonds is 4. The summed E-state index contributed by atoms with van der Waals surface area (Å²) in [6, 6.07) is 9.88. The summed E-state index contributed by atoms with van der Waals surface area (Å²) in [5.41, 5.74) is 1.73. The van der Waals surface area contributed by atoms with Crippen LogP contribution in [0.5, 0.6) is 0 Å². The fraction of sp³-hybridized carbons (Fsp3) is 0.350. The molecule has 1 aromatic carbocycles. The first-order valence-corrected chi connectivity index (χ1v) is 9.04. The number of para-hydroxylation sites is 2. The normalized spacial score (nSPS) is 16.2. The van der Waals surface area contributed by atoms with E-state index >= 15 is 0 Å². The molecule has 0 spiro atoms. The van der Waals surface area contributed by atoms with Crippen molar-refractivity contribution in [2.24, 2.45) is 13.0 Å². The van der Waals surface area contributed by atoms with Crippen LogP contribution in [0, 0.1) is 17.2 Å². The lowest BCUT2D eigenvalue weighted by Crippen LogP contribution is -2.38. The smallest absolute Gasteiger partial charge is 0.163 e. The average Bonchev–Trinajstić information content (AvgIpc) is 3.06. The van der Waals surface area contributed by atoms with Gasteiger partial charge in [-0.15, -0.1) is 0 Å². The van der Waals surface area contributed by atoms with Crippen molar-refractivity contribution in [2.45, 2.75) is 18.8 Å². The fourth-order valence-corrected chi connectivity index (χ4v) is 3.75. The topological polar surface area (TPSA) is 87.7 Å². The minimum atomic E-state index is -0.838. The lowest BCUT2D eigenvalue weighted by molar-refractivity contribution is -0.123. The first-order chi connectivity index (χ1) is 13.2. The highest BCUT2D eigenvalue weighted by Crippen LogP contribution is 2.29. The van der Waals surface area contributed by atoms with Crippen molar-refractivity contribution in [3.05, 3.63) is 48.7 Å². The number of hydrogen-bond acceptors (Lipinski definition) is 6. The molecular weight excluding hydrogens is 340 g/mol. The molecule has 3 aromatic rings. The summed E-state index contributed by atoms with van der Waals surface area (Å²) >= 11 is 0. The Hall–Kier alpha value is -3.27. The molecule has 7 heteroatoms. The van der Waals surface area contributed by atoms with E-state index in [2.05, 4.69) is 25.9 Å². The number of benzene rings is 1. The molecule has 1 aliphatic heterocycles. The third kappa shape index (κ3) is 3.14. The summed E-state index contributed by atoms with van der Waals surface area (Å²) in [5.74, 6) is 0.350. The van der Waals surface area contributed by atoms with E-state index in [0.717, 1.165) is 29.9 Å². The lowest BCUT2D eigenvalue weighted by atomic mass is 9.86. The number of fused-ring (bicyclic) bond motifs is 1. The van der Waals surface area contributed by atoms with Crippen LogP contribution in [0.4, 0.5) is 5.82 Å². The van der Waals surface area contributed by atoms with Crippen LogP contribution in [0.25, 0.3) is 11.0 Å². The maximum atomic E-state index is 13.1. The Kier molecular flexibility index (Phi) is 4.55. The first kappa shape index (κ1) is 17.2. The van der Waals surface area contributed by atoms with Gasteiger partial charge >= 0.3 is 0 Å². The number of Topliss-reactive ketones (excluding diaryl/α,β-unsaturated/α-hetero) is 1. The first-order valence-electron chi connectivity index (χ1n) is 9.04. The summed E-state index contributed by atoms with van der Waals surface area (Å²) in [5, 5.41) is 9.71. The maximum Gasteiger partial charge on any atom is 0.163 e. The number of hydrogen-bond donors (Lipinski definition) is 0. The number of carbonyl (C=O) groups excluding carboxylic acids is 1. The Morgan fingerprint density at radius 3 is 2.70 bits per heavy atom. The van der Waals surface area contributed by atoms with E-state index in [1.165, 1.54) is 0 Å². The number of nitrogens with zero attached hydrogens (tertiary/aromatic N) is 6. The van der Waals surface area contributed by atoms with E-state index in [0.29, 0.717) is 18.7 Å². The SMILES string of the molecule is Cn1c(C(C#N)C(=O)C2CCN(c3cnccn3)CC2)nc2ccccc21. The average molecular weight is 360 g/mol. The molecule has 4 rings (SSSR count). The Labute approximate surface area is 157 Å². The molecule has 0 aliphatic carbocycles. The van der Waals surface area contributed by atoms with Gasteiger partial charge in [0.25, 0.3) is 0 Å². The molecule has 1 atom stereocenters.